The second-order valence-corrected chi connectivity index (χ2v) is 21.6. The molecule has 0 aromatic carbocycles. The third-order valence-corrected chi connectivity index (χ3v) is 13.8. The van der Waals surface area contributed by atoms with E-state index in [1.165, 1.54) is 96.3 Å². The van der Waals surface area contributed by atoms with Gasteiger partial charge in [0, 0.05) is 19.3 Å². The fourth-order valence-corrected chi connectivity index (χ4v) is 8.84. The molecule has 1 atom stereocenters. The molecule has 0 saturated heterocycles. The fourth-order valence-electron chi connectivity index (χ4n) is 8.84. The lowest BCUT2D eigenvalue weighted by Crippen LogP contribution is -2.30. The van der Waals surface area contributed by atoms with Gasteiger partial charge in [-0.25, -0.2) is 0 Å². The molecule has 0 aromatic rings. The van der Waals surface area contributed by atoms with Crippen LogP contribution in [0.3, 0.4) is 0 Å². The topological polar surface area (TPSA) is 78.9 Å². The molecule has 6 heteroatoms. The van der Waals surface area contributed by atoms with Crippen molar-refractivity contribution >= 4 is 17.9 Å². The van der Waals surface area contributed by atoms with E-state index in [9.17, 15) is 14.4 Å². The highest BCUT2D eigenvalue weighted by Crippen LogP contribution is 2.15. The van der Waals surface area contributed by atoms with Crippen molar-refractivity contribution in [2.45, 2.75) is 290 Å². The maximum absolute atomic E-state index is 12.9. The van der Waals surface area contributed by atoms with E-state index in [-0.39, 0.29) is 31.1 Å². The number of carbonyl (C=O) groups is 3. The van der Waals surface area contributed by atoms with Crippen LogP contribution in [-0.4, -0.2) is 37.2 Å². The van der Waals surface area contributed by atoms with Crippen LogP contribution < -0.4 is 0 Å². The summed E-state index contributed by atoms with van der Waals surface area (Å²) in [5.41, 5.74) is 0. The van der Waals surface area contributed by atoms with Crippen LogP contribution in [0, 0.1) is 0 Å². The van der Waals surface area contributed by atoms with Crippen molar-refractivity contribution in [3.05, 3.63) is 158 Å². The lowest BCUT2D eigenvalue weighted by Gasteiger charge is -2.18. The maximum Gasteiger partial charge on any atom is 0.306 e. The first-order chi connectivity index (χ1) is 40.5. The first-order valence-corrected chi connectivity index (χ1v) is 33.5. The fraction of sp³-hybridized carbons (Fsp3) is 0.618. The van der Waals surface area contributed by atoms with Gasteiger partial charge in [0.2, 0.25) is 0 Å². The summed E-state index contributed by atoms with van der Waals surface area (Å²) in [6.07, 6.45) is 100. The minimum atomic E-state index is -0.789. The number of carbonyl (C=O) groups excluding carboxylic acids is 3. The molecule has 0 rings (SSSR count). The van der Waals surface area contributed by atoms with Crippen molar-refractivity contribution in [2.75, 3.05) is 13.2 Å². The summed E-state index contributed by atoms with van der Waals surface area (Å²) >= 11 is 0. The van der Waals surface area contributed by atoms with E-state index in [2.05, 4.69) is 179 Å². The highest BCUT2D eigenvalue weighted by atomic mass is 16.6. The van der Waals surface area contributed by atoms with Gasteiger partial charge in [-0.05, 0) is 128 Å². The zero-order chi connectivity index (χ0) is 59.2. The molecule has 0 saturated carbocycles. The molecule has 0 aliphatic carbocycles. The van der Waals surface area contributed by atoms with Crippen molar-refractivity contribution in [1.82, 2.24) is 0 Å². The third-order valence-electron chi connectivity index (χ3n) is 13.8. The number of unbranched alkanes of at least 4 members (excludes halogenated alkanes) is 22. The van der Waals surface area contributed by atoms with Gasteiger partial charge in [-0.1, -0.05) is 294 Å². The Morgan fingerprint density at radius 2 is 0.476 bits per heavy atom. The summed E-state index contributed by atoms with van der Waals surface area (Å²) < 4.78 is 16.8. The van der Waals surface area contributed by atoms with Gasteiger partial charge in [0.15, 0.2) is 6.10 Å². The predicted molar refractivity (Wildman–Crippen MR) is 357 cm³/mol. The van der Waals surface area contributed by atoms with E-state index in [1.807, 2.05) is 0 Å². The number of ether oxygens (including phenoxy) is 3. The molecule has 462 valence electrons. The molecule has 0 radical (unpaired) electrons. The van der Waals surface area contributed by atoms with Crippen molar-refractivity contribution in [3.8, 4) is 0 Å². The quantitative estimate of drug-likeness (QED) is 0.0261. The average molecular weight is 1130 g/mol. The molecule has 6 nitrogen and oxygen atoms in total. The predicted octanol–water partition coefficient (Wildman–Crippen LogP) is 23.3. The SMILES string of the molecule is CC/C=C\C/C=C\C/C=C\C/C=C\C/C=C\C/C=C\C/C=C\C/C=C\C/C=C\CCCCCCCCCC(=O)OCC(COC(=O)CCCCCCCC)OC(=O)CCCCCCCCCCCC/C=C\C/C=C\C/C=C\C/C=C\CC. The molecular formula is C76H122O6. The van der Waals surface area contributed by atoms with Gasteiger partial charge < -0.3 is 14.2 Å². The van der Waals surface area contributed by atoms with Gasteiger partial charge in [0.05, 0.1) is 0 Å². The zero-order valence-corrected chi connectivity index (χ0v) is 52.9. The van der Waals surface area contributed by atoms with Crippen LogP contribution in [-0.2, 0) is 28.6 Å². The standard InChI is InChI=1S/C76H122O6/c1-4-7-10-13-16-18-20-22-24-26-28-30-32-33-34-35-36-37-38-39-40-41-42-43-45-46-48-50-52-54-56-58-60-63-66-69-75(78)81-72-73(71-80-74(77)68-65-62-15-12-9-6-3)82-76(79)70-67-64-61-59-57-55-53-51-49-47-44-31-29-27-25-23-21-19-17-14-11-8-5-2/h7-8,10-11,16-19,22-25,28-31,33-34,36-37,39-40,42-43,46,48,73H,4-6,9,12-15,20-21,26-27,32,35,38,41,44-45,47,49-72H2,1-3H3/b10-7-,11-8-,18-16-,19-17-,24-22-,25-23-,30-28-,31-29-,34-33-,37-36-,40-39-,43-42-,48-46-. The number of hydrogen-bond acceptors (Lipinski definition) is 6. The minimum Gasteiger partial charge on any atom is -0.462 e. The van der Waals surface area contributed by atoms with Crippen LogP contribution in [0.2, 0.25) is 0 Å². The maximum atomic E-state index is 12.9. The van der Waals surface area contributed by atoms with Crippen LogP contribution in [0.15, 0.2) is 158 Å². The molecule has 0 aliphatic rings. The van der Waals surface area contributed by atoms with Crippen molar-refractivity contribution in [3.63, 3.8) is 0 Å². The molecule has 82 heavy (non-hydrogen) atoms. The highest BCUT2D eigenvalue weighted by molar-refractivity contribution is 5.71. The third kappa shape index (κ3) is 65.8. The van der Waals surface area contributed by atoms with Gasteiger partial charge >= 0.3 is 17.9 Å². The Morgan fingerprint density at radius 1 is 0.256 bits per heavy atom. The molecule has 0 N–H and O–H groups in total. The zero-order valence-electron chi connectivity index (χ0n) is 52.9. The summed E-state index contributed by atoms with van der Waals surface area (Å²) in [5.74, 6) is -0.914. The van der Waals surface area contributed by atoms with Gasteiger partial charge in [-0.15, -0.1) is 0 Å². The Balaban J connectivity index is 4.13. The van der Waals surface area contributed by atoms with E-state index in [0.29, 0.717) is 19.3 Å². The summed E-state index contributed by atoms with van der Waals surface area (Å²) in [4.78, 5) is 38.1. The molecule has 0 heterocycles. The van der Waals surface area contributed by atoms with Gasteiger partial charge in [0.1, 0.15) is 13.2 Å². The van der Waals surface area contributed by atoms with Crippen LogP contribution >= 0.6 is 0 Å². The van der Waals surface area contributed by atoms with Crippen molar-refractivity contribution < 1.29 is 28.6 Å². The van der Waals surface area contributed by atoms with Gasteiger partial charge in [-0.2, -0.15) is 0 Å². The summed E-state index contributed by atoms with van der Waals surface area (Å²) in [6, 6.07) is 0. The number of esters is 3. The van der Waals surface area contributed by atoms with E-state index in [0.717, 1.165) is 148 Å². The smallest absolute Gasteiger partial charge is 0.306 e. The molecule has 0 amide bonds. The van der Waals surface area contributed by atoms with Crippen LogP contribution in [0.25, 0.3) is 0 Å². The Labute approximate surface area is 505 Å². The summed E-state index contributed by atoms with van der Waals surface area (Å²) in [5, 5.41) is 0. The Bertz CT molecular complexity index is 1830. The Morgan fingerprint density at radius 3 is 0.744 bits per heavy atom. The highest BCUT2D eigenvalue weighted by Gasteiger charge is 2.19. The summed E-state index contributed by atoms with van der Waals surface area (Å²) in [7, 11) is 0. The first kappa shape index (κ1) is 77.0. The second kappa shape index (κ2) is 68.5. The number of allylic oxidation sites excluding steroid dienone is 26. The number of hydrogen-bond donors (Lipinski definition) is 0. The van der Waals surface area contributed by atoms with Crippen LogP contribution in [0.1, 0.15) is 284 Å². The first-order valence-electron chi connectivity index (χ1n) is 33.5. The number of rotatable bonds is 59. The van der Waals surface area contributed by atoms with E-state index in [1.54, 1.807) is 0 Å². The van der Waals surface area contributed by atoms with E-state index in [4.69, 9.17) is 14.2 Å². The summed E-state index contributed by atoms with van der Waals surface area (Å²) in [6.45, 7) is 6.34. The average Bonchev–Trinajstić information content (AvgIpc) is 3.47. The Kier molecular flexibility index (Phi) is 64.4. The van der Waals surface area contributed by atoms with E-state index >= 15 is 0 Å². The lowest BCUT2D eigenvalue weighted by atomic mass is 10.0. The van der Waals surface area contributed by atoms with Crippen LogP contribution in [0.5, 0.6) is 0 Å². The van der Waals surface area contributed by atoms with Crippen molar-refractivity contribution in [2.24, 2.45) is 0 Å². The lowest BCUT2D eigenvalue weighted by molar-refractivity contribution is -0.167. The molecule has 0 bridgehead atoms. The normalized spacial score (nSPS) is 13.2. The van der Waals surface area contributed by atoms with Crippen molar-refractivity contribution in [1.29, 1.82) is 0 Å². The molecular weight excluding hydrogens is 1010 g/mol. The van der Waals surface area contributed by atoms with Gasteiger partial charge in [0.25, 0.3) is 0 Å². The monoisotopic (exact) mass is 1130 g/mol. The largest absolute Gasteiger partial charge is 0.462 e. The minimum absolute atomic E-state index is 0.0872. The molecule has 1 unspecified atom stereocenters. The molecule has 0 aliphatic heterocycles. The second-order valence-electron chi connectivity index (χ2n) is 21.6. The molecule has 0 fully saturated rings. The van der Waals surface area contributed by atoms with Crippen LogP contribution in [0.4, 0.5) is 0 Å². The molecule has 0 spiro atoms. The van der Waals surface area contributed by atoms with E-state index < -0.39 is 6.10 Å². The molecule has 0 aromatic heterocycles. The van der Waals surface area contributed by atoms with Gasteiger partial charge in [-0.3, -0.25) is 14.4 Å². The Hall–Kier alpha value is -4.97.